The number of hydrogen-bond donors (Lipinski definition) is 1. The smallest absolute Gasteiger partial charge is 0.0900 e. The molecular weight excluding hydrogens is 240 g/mol. The van der Waals surface area contributed by atoms with Gasteiger partial charge in [0, 0.05) is 19.1 Å². The standard InChI is InChI=1S/C15H30N2O2/c1-12(2)19-11-14(18)10-17-8-6-15-13(9-17)5-4-7-16(15)3/h12-15,18H,4-11H2,1-3H3. The van der Waals surface area contributed by atoms with E-state index in [9.17, 15) is 5.11 Å². The molecule has 2 rings (SSSR count). The first-order valence-corrected chi connectivity index (χ1v) is 7.78. The fraction of sp³-hybridized carbons (Fsp3) is 1.00. The average molecular weight is 270 g/mol. The molecule has 112 valence electrons. The summed E-state index contributed by atoms with van der Waals surface area (Å²) >= 11 is 0. The Balaban J connectivity index is 1.74. The maximum Gasteiger partial charge on any atom is 0.0900 e. The maximum atomic E-state index is 10.0. The van der Waals surface area contributed by atoms with Gasteiger partial charge in [-0.1, -0.05) is 0 Å². The molecule has 0 aromatic heterocycles. The van der Waals surface area contributed by atoms with E-state index >= 15 is 0 Å². The summed E-state index contributed by atoms with van der Waals surface area (Å²) < 4.78 is 5.48. The van der Waals surface area contributed by atoms with Gasteiger partial charge >= 0.3 is 0 Å². The molecule has 2 aliphatic rings. The van der Waals surface area contributed by atoms with Gasteiger partial charge in [-0.25, -0.2) is 0 Å². The van der Waals surface area contributed by atoms with E-state index in [1.165, 1.54) is 25.8 Å². The molecular formula is C15H30N2O2. The Kier molecular flexibility index (Phi) is 5.63. The van der Waals surface area contributed by atoms with Crippen LogP contribution in [0, 0.1) is 5.92 Å². The highest BCUT2D eigenvalue weighted by atomic mass is 16.5. The van der Waals surface area contributed by atoms with Crippen LogP contribution in [0.4, 0.5) is 0 Å². The summed E-state index contributed by atoms with van der Waals surface area (Å²) in [7, 11) is 2.26. The molecule has 4 heteroatoms. The number of piperidine rings is 2. The molecule has 0 bridgehead atoms. The van der Waals surface area contributed by atoms with Crippen molar-refractivity contribution in [3.8, 4) is 0 Å². The van der Waals surface area contributed by atoms with Crippen LogP contribution >= 0.6 is 0 Å². The van der Waals surface area contributed by atoms with Crippen LogP contribution in [-0.2, 0) is 4.74 Å². The van der Waals surface area contributed by atoms with Gasteiger partial charge in [-0.05, 0) is 59.2 Å². The fourth-order valence-electron chi connectivity index (χ4n) is 3.55. The van der Waals surface area contributed by atoms with Gasteiger partial charge in [0.1, 0.15) is 0 Å². The summed E-state index contributed by atoms with van der Waals surface area (Å²) in [6.07, 6.45) is 3.78. The zero-order valence-electron chi connectivity index (χ0n) is 12.7. The Labute approximate surface area is 117 Å². The predicted octanol–water partition coefficient (Wildman–Crippen LogP) is 1.19. The molecule has 2 heterocycles. The first kappa shape index (κ1) is 15.2. The van der Waals surface area contributed by atoms with E-state index in [0.29, 0.717) is 6.61 Å². The number of rotatable bonds is 5. The number of nitrogens with zero attached hydrogens (tertiary/aromatic N) is 2. The molecule has 4 nitrogen and oxygen atoms in total. The van der Waals surface area contributed by atoms with Gasteiger partial charge < -0.3 is 19.6 Å². The van der Waals surface area contributed by atoms with Gasteiger partial charge in [0.15, 0.2) is 0 Å². The van der Waals surface area contributed by atoms with E-state index in [0.717, 1.165) is 31.6 Å². The lowest BCUT2D eigenvalue weighted by atomic mass is 9.84. The van der Waals surface area contributed by atoms with Crippen LogP contribution in [0.15, 0.2) is 0 Å². The monoisotopic (exact) mass is 270 g/mol. The normalized spacial score (nSPS) is 31.4. The van der Waals surface area contributed by atoms with Crippen LogP contribution in [0.2, 0.25) is 0 Å². The molecule has 3 unspecified atom stereocenters. The number of hydrogen-bond acceptors (Lipinski definition) is 4. The van der Waals surface area contributed by atoms with Gasteiger partial charge in [0.05, 0.1) is 18.8 Å². The topological polar surface area (TPSA) is 35.9 Å². The first-order chi connectivity index (χ1) is 9.06. The molecule has 2 fully saturated rings. The molecule has 0 saturated carbocycles. The van der Waals surface area contributed by atoms with E-state index in [1.807, 2.05) is 13.8 Å². The Hall–Kier alpha value is -0.160. The first-order valence-electron chi connectivity index (χ1n) is 7.78. The zero-order chi connectivity index (χ0) is 13.8. The van der Waals surface area contributed by atoms with E-state index < -0.39 is 0 Å². The molecule has 1 N–H and O–H groups in total. The highest BCUT2D eigenvalue weighted by molar-refractivity contribution is 4.89. The van der Waals surface area contributed by atoms with Crippen molar-refractivity contribution in [3.05, 3.63) is 0 Å². The third-order valence-electron chi connectivity index (χ3n) is 4.52. The van der Waals surface area contributed by atoms with Gasteiger partial charge in [-0.2, -0.15) is 0 Å². The second-order valence-corrected chi connectivity index (χ2v) is 6.53. The summed E-state index contributed by atoms with van der Waals surface area (Å²) in [6, 6.07) is 0.772. The number of ether oxygens (including phenoxy) is 1. The Morgan fingerprint density at radius 2 is 2.05 bits per heavy atom. The summed E-state index contributed by atoms with van der Waals surface area (Å²) in [4.78, 5) is 4.96. The van der Waals surface area contributed by atoms with Crippen molar-refractivity contribution in [3.63, 3.8) is 0 Å². The summed E-state index contributed by atoms with van der Waals surface area (Å²) in [6.45, 7) is 8.76. The van der Waals surface area contributed by atoms with Crippen LogP contribution < -0.4 is 0 Å². The van der Waals surface area contributed by atoms with Crippen LogP contribution in [0.1, 0.15) is 33.1 Å². The van der Waals surface area contributed by atoms with Crippen molar-refractivity contribution in [2.24, 2.45) is 5.92 Å². The highest BCUT2D eigenvalue weighted by Crippen LogP contribution is 2.29. The van der Waals surface area contributed by atoms with E-state index in [-0.39, 0.29) is 12.2 Å². The number of likely N-dealkylation sites (tertiary alicyclic amines) is 2. The molecule has 2 saturated heterocycles. The van der Waals surface area contributed by atoms with E-state index in [4.69, 9.17) is 4.74 Å². The van der Waals surface area contributed by atoms with Crippen molar-refractivity contribution >= 4 is 0 Å². The molecule has 0 radical (unpaired) electrons. The van der Waals surface area contributed by atoms with E-state index in [1.54, 1.807) is 0 Å². The van der Waals surface area contributed by atoms with E-state index in [2.05, 4.69) is 16.8 Å². The van der Waals surface area contributed by atoms with Gasteiger partial charge in [-0.3, -0.25) is 0 Å². The van der Waals surface area contributed by atoms with Crippen molar-refractivity contribution in [2.75, 3.05) is 39.8 Å². The van der Waals surface area contributed by atoms with Crippen LogP contribution in [0.25, 0.3) is 0 Å². The second kappa shape index (κ2) is 7.02. The third-order valence-corrected chi connectivity index (χ3v) is 4.52. The van der Waals surface area contributed by atoms with Crippen LogP contribution in [0.3, 0.4) is 0 Å². The number of aliphatic hydroxyl groups is 1. The van der Waals surface area contributed by atoms with Crippen molar-refractivity contribution in [1.29, 1.82) is 0 Å². The summed E-state index contributed by atoms with van der Waals surface area (Å²) in [5, 5.41) is 10.0. The maximum absolute atomic E-state index is 10.0. The SMILES string of the molecule is CC(C)OCC(O)CN1CCC2C(CCCN2C)C1. The van der Waals surface area contributed by atoms with Crippen molar-refractivity contribution in [2.45, 2.75) is 51.4 Å². The molecule has 19 heavy (non-hydrogen) atoms. The largest absolute Gasteiger partial charge is 0.389 e. The van der Waals surface area contributed by atoms with Gasteiger partial charge in [0.2, 0.25) is 0 Å². The highest BCUT2D eigenvalue weighted by Gasteiger charge is 2.34. The average Bonchev–Trinajstić information content (AvgIpc) is 2.36. The van der Waals surface area contributed by atoms with Crippen LogP contribution in [-0.4, -0.2) is 73.0 Å². The molecule has 0 amide bonds. The second-order valence-electron chi connectivity index (χ2n) is 6.53. The lowest BCUT2D eigenvalue weighted by Crippen LogP contribution is -2.54. The number of fused-ring (bicyclic) bond motifs is 1. The minimum absolute atomic E-state index is 0.201. The lowest BCUT2D eigenvalue weighted by Gasteiger charge is -2.46. The minimum atomic E-state index is -0.347. The zero-order valence-corrected chi connectivity index (χ0v) is 12.7. The Bertz CT molecular complexity index is 273. The summed E-state index contributed by atoms with van der Waals surface area (Å²) in [5.74, 6) is 0.797. The Morgan fingerprint density at radius 1 is 1.26 bits per heavy atom. The minimum Gasteiger partial charge on any atom is -0.389 e. The van der Waals surface area contributed by atoms with Gasteiger partial charge in [-0.15, -0.1) is 0 Å². The molecule has 0 spiro atoms. The molecule has 0 aromatic carbocycles. The molecule has 0 aromatic rings. The third kappa shape index (κ3) is 4.42. The van der Waals surface area contributed by atoms with Crippen molar-refractivity contribution in [1.82, 2.24) is 9.80 Å². The summed E-state index contributed by atoms with van der Waals surface area (Å²) in [5.41, 5.74) is 0. The van der Waals surface area contributed by atoms with Crippen molar-refractivity contribution < 1.29 is 9.84 Å². The molecule has 2 aliphatic heterocycles. The van der Waals surface area contributed by atoms with Gasteiger partial charge in [0.25, 0.3) is 0 Å². The fourth-order valence-corrected chi connectivity index (χ4v) is 3.55. The predicted molar refractivity (Wildman–Crippen MR) is 77.3 cm³/mol. The number of β-amino-alcohol motifs (C(OH)–C–C–N with tert-alkyl or cyclic N) is 1. The lowest BCUT2D eigenvalue weighted by molar-refractivity contribution is -0.0256. The Morgan fingerprint density at radius 3 is 2.79 bits per heavy atom. The van der Waals surface area contributed by atoms with Crippen LogP contribution in [0.5, 0.6) is 0 Å². The number of aliphatic hydroxyl groups excluding tert-OH is 1. The molecule has 0 aliphatic carbocycles. The molecule has 3 atom stereocenters. The quantitative estimate of drug-likeness (QED) is 0.814.